The first kappa shape index (κ1) is 19.5. The molecule has 1 atom stereocenters. The third-order valence-electron chi connectivity index (χ3n) is 4.34. The lowest BCUT2D eigenvalue weighted by Gasteiger charge is -2.29. The van der Waals surface area contributed by atoms with E-state index in [1.165, 1.54) is 0 Å². The summed E-state index contributed by atoms with van der Waals surface area (Å²) in [5, 5.41) is 11.9. The molecule has 0 spiro atoms. The zero-order chi connectivity index (χ0) is 19.6. The standard InChI is InChI=1S/C21H20Cl2N2O2/c1-13-6-4-7-14(2)19(13)25(3)21(26)16-8-5-11-24-20(16)27-18-12-15(22)9-10-17(18)23/h4-12,21,26H,1-3H3. The van der Waals surface area contributed by atoms with Gasteiger partial charge in [0.25, 0.3) is 0 Å². The van der Waals surface area contributed by atoms with Crippen molar-refractivity contribution in [2.75, 3.05) is 11.9 Å². The highest BCUT2D eigenvalue weighted by molar-refractivity contribution is 6.34. The first-order valence-electron chi connectivity index (χ1n) is 8.43. The Labute approximate surface area is 168 Å². The zero-order valence-electron chi connectivity index (χ0n) is 15.3. The fourth-order valence-corrected chi connectivity index (χ4v) is 3.36. The second kappa shape index (κ2) is 8.17. The maximum absolute atomic E-state index is 11.0. The maximum atomic E-state index is 11.0. The number of rotatable bonds is 5. The number of hydrogen-bond donors (Lipinski definition) is 1. The molecule has 0 saturated carbocycles. The molecule has 0 saturated heterocycles. The number of anilines is 1. The van der Waals surface area contributed by atoms with Crippen LogP contribution in [0.3, 0.4) is 0 Å². The van der Waals surface area contributed by atoms with E-state index >= 15 is 0 Å². The summed E-state index contributed by atoms with van der Waals surface area (Å²) in [6.45, 7) is 4.02. The van der Waals surface area contributed by atoms with Crippen molar-refractivity contribution in [2.24, 2.45) is 0 Å². The van der Waals surface area contributed by atoms with Gasteiger partial charge < -0.3 is 14.7 Å². The van der Waals surface area contributed by atoms with Crippen LogP contribution < -0.4 is 9.64 Å². The number of para-hydroxylation sites is 1. The fourth-order valence-electron chi connectivity index (χ4n) is 3.04. The molecule has 1 N–H and O–H groups in total. The Kier molecular flexibility index (Phi) is 5.90. The molecule has 0 amide bonds. The van der Waals surface area contributed by atoms with Gasteiger partial charge in [-0.15, -0.1) is 0 Å². The van der Waals surface area contributed by atoms with Crippen LogP contribution in [0.4, 0.5) is 5.69 Å². The number of nitrogens with zero attached hydrogens (tertiary/aromatic N) is 2. The average Bonchev–Trinajstić information content (AvgIpc) is 2.64. The van der Waals surface area contributed by atoms with Gasteiger partial charge in [-0.1, -0.05) is 41.4 Å². The normalized spacial score (nSPS) is 11.9. The number of aryl methyl sites for hydroxylation is 2. The van der Waals surface area contributed by atoms with Gasteiger partial charge in [0.05, 0.1) is 10.6 Å². The molecule has 0 aliphatic rings. The molecule has 1 unspecified atom stereocenters. The Morgan fingerprint density at radius 1 is 1.04 bits per heavy atom. The summed E-state index contributed by atoms with van der Waals surface area (Å²) < 4.78 is 5.87. The number of aromatic nitrogens is 1. The van der Waals surface area contributed by atoms with E-state index in [9.17, 15) is 5.11 Å². The molecule has 0 aliphatic carbocycles. The van der Waals surface area contributed by atoms with Gasteiger partial charge >= 0.3 is 0 Å². The average molecular weight is 403 g/mol. The number of halogens is 2. The molecule has 1 aromatic heterocycles. The Morgan fingerprint density at radius 2 is 1.74 bits per heavy atom. The molecule has 1 heterocycles. The minimum absolute atomic E-state index is 0.271. The van der Waals surface area contributed by atoms with E-state index in [-0.39, 0.29) is 5.88 Å². The molecule has 3 aromatic rings. The lowest BCUT2D eigenvalue weighted by molar-refractivity contribution is 0.174. The third kappa shape index (κ3) is 4.19. The first-order valence-corrected chi connectivity index (χ1v) is 9.19. The van der Waals surface area contributed by atoms with E-state index in [0.717, 1.165) is 16.8 Å². The van der Waals surface area contributed by atoms with Crippen molar-refractivity contribution in [3.05, 3.63) is 81.5 Å². The van der Waals surface area contributed by atoms with Crippen molar-refractivity contribution in [1.29, 1.82) is 0 Å². The van der Waals surface area contributed by atoms with Crippen LogP contribution in [0.15, 0.2) is 54.7 Å². The minimum Gasteiger partial charge on any atom is -0.437 e. The maximum Gasteiger partial charge on any atom is 0.227 e. The second-order valence-electron chi connectivity index (χ2n) is 6.30. The number of pyridine rings is 1. The summed E-state index contributed by atoms with van der Waals surface area (Å²) in [5.74, 6) is 0.651. The molecule has 0 bridgehead atoms. The van der Waals surface area contributed by atoms with Crippen LogP contribution in [0.1, 0.15) is 22.9 Å². The van der Waals surface area contributed by atoms with Crippen molar-refractivity contribution in [2.45, 2.75) is 20.1 Å². The topological polar surface area (TPSA) is 45.6 Å². The predicted octanol–water partition coefficient (Wildman–Crippen LogP) is 5.92. The quantitative estimate of drug-likeness (QED) is 0.537. The smallest absolute Gasteiger partial charge is 0.227 e. The number of benzene rings is 2. The van der Waals surface area contributed by atoms with E-state index in [0.29, 0.717) is 21.4 Å². The third-order valence-corrected chi connectivity index (χ3v) is 4.89. The number of aliphatic hydroxyl groups is 1. The summed E-state index contributed by atoms with van der Waals surface area (Å²) in [6, 6.07) is 14.5. The lowest BCUT2D eigenvalue weighted by atomic mass is 10.1. The Morgan fingerprint density at radius 3 is 2.44 bits per heavy atom. The lowest BCUT2D eigenvalue weighted by Crippen LogP contribution is -2.25. The van der Waals surface area contributed by atoms with Crippen LogP contribution in [0.2, 0.25) is 10.0 Å². The van der Waals surface area contributed by atoms with Crippen molar-refractivity contribution in [1.82, 2.24) is 4.98 Å². The van der Waals surface area contributed by atoms with Gasteiger partial charge in [0.1, 0.15) is 5.75 Å². The largest absolute Gasteiger partial charge is 0.437 e. The van der Waals surface area contributed by atoms with Crippen molar-refractivity contribution < 1.29 is 9.84 Å². The molecular weight excluding hydrogens is 383 g/mol. The highest BCUT2D eigenvalue weighted by Gasteiger charge is 2.22. The molecule has 0 radical (unpaired) electrons. The van der Waals surface area contributed by atoms with Crippen molar-refractivity contribution in [3.8, 4) is 11.6 Å². The van der Waals surface area contributed by atoms with Crippen LogP contribution in [0.25, 0.3) is 0 Å². The molecule has 140 valence electrons. The van der Waals surface area contributed by atoms with Gasteiger partial charge in [-0.2, -0.15) is 0 Å². The van der Waals surface area contributed by atoms with Gasteiger partial charge in [-0.05, 0) is 49.2 Å². The van der Waals surface area contributed by atoms with Gasteiger partial charge in [-0.25, -0.2) is 4.98 Å². The molecule has 2 aromatic carbocycles. The Balaban J connectivity index is 1.96. The number of aliphatic hydroxyl groups excluding tert-OH is 1. The zero-order valence-corrected chi connectivity index (χ0v) is 16.8. The molecule has 6 heteroatoms. The summed E-state index contributed by atoms with van der Waals surface area (Å²) >= 11 is 12.2. The van der Waals surface area contributed by atoms with Gasteiger partial charge in [-0.3, -0.25) is 0 Å². The number of ether oxygens (including phenoxy) is 1. The summed E-state index contributed by atoms with van der Waals surface area (Å²) in [4.78, 5) is 6.08. The monoisotopic (exact) mass is 402 g/mol. The molecule has 3 rings (SSSR count). The van der Waals surface area contributed by atoms with Gasteiger partial charge in [0, 0.05) is 30.0 Å². The van der Waals surface area contributed by atoms with Crippen LogP contribution >= 0.6 is 23.2 Å². The van der Waals surface area contributed by atoms with Crippen molar-refractivity contribution >= 4 is 28.9 Å². The summed E-state index contributed by atoms with van der Waals surface area (Å²) in [5.41, 5.74) is 3.63. The van der Waals surface area contributed by atoms with Crippen LogP contribution in [0, 0.1) is 13.8 Å². The highest BCUT2D eigenvalue weighted by Crippen LogP contribution is 2.36. The predicted molar refractivity (Wildman–Crippen MR) is 110 cm³/mol. The van der Waals surface area contributed by atoms with Crippen LogP contribution in [-0.4, -0.2) is 17.1 Å². The van der Waals surface area contributed by atoms with Gasteiger partial charge in [0.2, 0.25) is 5.88 Å². The van der Waals surface area contributed by atoms with E-state index < -0.39 is 6.23 Å². The Bertz CT molecular complexity index is 942. The molecular formula is C21H20Cl2N2O2. The molecule has 0 aliphatic heterocycles. The molecule has 4 nitrogen and oxygen atoms in total. The van der Waals surface area contributed by atoms with E-state index in [4.69, 9.17) is 27.9 Å². The second-order valence-corrected chi connectivity index (χ2v) is 7.14. The van der Waals surface area contributed by atoms with Crippen LogP contribution in [-0.2, 0) is 0 Å². The van der Waals surface area contributed by atoms with E-state index in [1.807, 2.05) is 39.1 Å². The molecule has 27 heavy (non-hydrogen) atoms. The van der Waals surface area contributed by atoms with Crippen LogP contribution in [0.5, 0.6) is 11.6 Å². The van der Waals surface area contributed by atoms with Gasteiger partial charge in [0.15, 0.2) is 6.23 Å². The highest BCUT2D eigenvalue weighted by atomic mass is 35.5. The summed E-state index contributed by atoms with van der Waals surface area (Å²) in [7, 11) is 1.84. The fraction of sp³-hybridized carbons (Fsp3) is 0.190. The summed E-state index contributed by atoms with van der Waals surface area (Å²) in [6.07, 6.45) is 0.648. The number of hydrogen-bond acceptors (Lipinski definition) is 4. The SMILES string of the molecule is Cc1cccc(C)c1N(C)C(O)c1cccnc1Oc1cc(Cl)ccc1Cl. The minimum atomic E-state index is -0.952. The van der Waals surface area contributed by atoms with Crippen molar-refractivity contribution in [3.63, 3.8) is 0 Å². The van der Waals surface area contributed by atoms with E-state index in [1.54, 1.807) is 41.4 Å². The Hall–Kier alpha value is -2.27. The molecule has 0 fully saturated rings. The van der Waals surface area contributed by atoms with E-state index in [2.05, 4.69) is 4.98 Å². The first-order chi connectivity index (χ1) is 12.9.